The van der Waals surface area contributed by atoms with Gasteiger partial charge in [-0.15, -0.1) is 0 Å². The highest BCUT2D eigenvalue weighted by molar-refractivity contribution is 7.89. The molecule has 2 aromatic heterocycles. The highest BCUT2D eigenvalue weighted by Gasteiger charge is 2.31. The smallest absolute Gasteiger partial charge is 0.309 e. The molecule has 1 N–H and O–H groups in total. The largest absolute Gasteiger partial charge is 0.345 e. The first-order valence-corrected chi connectivity index (χ1v) is 8.47. The fourth-order valence-corrected chi connectivity index (χ4v) is 4.17. The maximum absolute atomic E-state index is 12.6. The van der Waals surface area contributed by atoms with Crippen LogP contribution in [0.3, 0.4) is 0 Å². The quantitative estimate of drug-likeness (QED) is 0.899. The molecule has 3 heterocycles. The molecule has 1 saturated heterocycles. The van der Waals surface area contributed by atoms with Gasteiger partial charge in [0.05, 0.1) is 0 Å². The third kappa shape index (κ3) is 2.93. The van der Waals surface area contributed by atoms with Crippen LogP contribution in [0.5, 0.6) is 0 Å². The lowest BCUT2D eigenvalue weighted by atomic mass is 9.96. The molecular formula is C14H16N4O3S. The Hall–Kier alpha value is -2.06. The zero-order valence-electron chi connectivity index (χ0n) is 11.8. The van der Waals surface area contributed by atoms with Crippen LogP contribution in [-0.4, -0.2) is 40.8 Å². The van der Waals surface area contributed by atoms with Crippen molar-refractivity contribution in [3.63, 3.8) is 0 Å². The maximum Gasteiger partial charge on any atom is 0.345 e. The first-order valence-electron chi connectivity index (χ1n) is 7.03. The number of hydrogen-bond donors (Lipinski definition) is 1. The molecule has 0 amide bonds. The molecule has 1 aliphatic rings. The van der Waals surface area contributed by atoms with Crippen LogP contribution in [0.2, 0.25) is 0 Å². The van der Waals surface area contributed by atoms with Crippen molar-refractivity contribution in [2.24, 2.45) is 0 Å². The Kier molecular flexibility index (Phi) is 4.04. The monoisotopic (exact) mass is 320 g/mol. The van der Waals surface area contributed by atoms with Crippen LogP contribution in [0.1, 0.15) is 24.5 Å². The summed E-state index contributed by atoms with van der Waals surface area (Å²) in [5.74, 6) is -0.0316. The predicted octanol–water partition coefficient (Wildman–Crippen LogP) is 0.733. The minimum atomic E-state index is -3.55. The fraction of sp³-hybridized carbons (Fsp3) is 0.357. The zero-order valence-corrected chi connectivity index (χ0v) is 12.7. The normalized spacial score (nSPS) is 19.9. The van der Waals surface area contributed by atoms with E-state index in [0.29, 0.717) is 13.1 Å². The summed E-state index contributed by atoms with van der Waals surface area (Å²) >= 11 is 0. The van der Waals surface area contributed by atoms with Crippen molar-refractivity contribution in [3.8, 4) is 0 Å². The van der Waals surface area contributed by atoms with E-state index in [1.165, 1.54) is 16.7 Å². The van der Waals surface area contributed by atoms with Gasteiger partial charge in [-0.2, -0.15) is 4.31 Å². The average Bonchev–Trinajstić information content (AvgIpc) is 2.56. The first kappa shape index (κ1) is 14.9. The second-order valence-corrected chi connectivity index (χ2v) is 7.16. The van der Waals surface area contributed by atoms with Gasteiger partial charge in [0, 0.05) is 43.3 Å². The Bertz CT molecular complexity index is 804. The number of hydrogen-bond acceptors (Lipinski definition) is 5. The van der Waals surface area contributed by atoms with Crippen LogP contribution in [-0.2, 0) is 10.0 Å². The van der Waals surface area contributed by atoms with Crippen molar-refractivity contribution < 1.29 is 8.42 Å². The van der Waals surface area contributed by atoms with Crippen molar-refractivity contribution in [1.29, 1.82) is 0 Å². The number of aromatic nitrogens is 3. The van der Waals surface area contributed by atoms with E-state index in [4.69, 9.17) is 0 Å². The molecule has 0 radical (unpaired) electrons. The predicted molar refractivity (Wildman–Crippen MR) is 79.8 cm³/mol. The van der Waals surface area contributed by atoms with E-state index >= 15 is 0 Å². The number of piperidine rings is 1. The Morgan fingerprint density at radius 2 is 2.14 bits per heavy atom. The van der Waals surface area contributed by atoms with Gasteiger partial charge in [0.2, 0.25) is 10.0 Å². The van der Waals surface area contributed by atoms with Gasteiger partial charge < -0.3 is 4.98 Å². The molecule has 0 aromatic carbocycles. The number of H-pyrrole nitrogens is 1. The molecule has 8 heteroatoms. The van der Waals surface area contributed by atoms with Gasteiger partial charge >= 0.3 is 5.69 Å². The SMILES string of the molecule is O=c1nccc(C2CCCN(S(=O)(=O)c3cccnc3)C2)[nH]1. The van der Waals surface area contributed by atoms with Gasteiger partial charge in [-0.25, -0.2) is 18.2 Å². The summed E-state index contributed by atoms with van der Waals surface area (Å²) in [4.78, 5) is 21.7. The molecule has 0 bridgehead atoms. The van der Waals surface area contributed by atoms with Crippen LogP contribution in [0, 0.1) is 0 Å². The lowest BCUT2D eigenvalue weighted by Crippen LogP contribution is -2.39. The lowest BCUT2D eigenvalue weighted by Gasteiger charge is -2.31. The molecule has 1 unspecified atom stereocenters. The van der Waals surface area contributed by atoms with Gasteiger partial charge in [-0.1, -0.05) is 0 Å². The Morgan fingerprint density at radius 3 is 2.86 bits per heavy atom. The molecule has 0 saturated carbocycles. The summed E-state index contributed by atoms with van der Waals surface area (Å²) in [6, 6.07) is 4.88. The van der Waals surface area contributed by atoms with Gasteiger partial charge in [-0.05, 0) is 31.0 Å². The molecule has 0 aliphatic carbocycles. The molecule has 116 valence electrons. The topological polar surface area (TPSA) is 96.0 Å². The number of aromatic amines is 1. The van der Waals surface area contributed by atoms with Crippen LogP contribution in [0.15, 0.2) is 46.5 Å². The summed E-state index contributed by atoms with van der Waals surface area (Å²) in [5.41, 5.74) is 0.316. The number of nitrogens with one attached hydrogen (secondary N) is 1. The van der Waals surface area contributed by atoms with E-state index in [2.05, 4.69) is 15.0 Å². The lowest BCUT2D eigenvalue weighted by molar-refractivity contribution is 0.312. The minimum Gasteiger partial charge on any atom is -0.309 e. The molecule has 3 rings (SSSR count). The second kappa shape index (κ2) is 5.98. The van der Waals surface area contributed by atoms with Crippen molar-refractivity contribution in [2.45, 2.75) is 23.7 Å². The number of rotatable bonds is 3. The summed E-state index contributed by atoms with van der Waals surface area (Å²) in [7, 11) is -3.55. The molecule has 1 aliphatic heterocycles. The number of nitrogens with zero attached hydrogens (tertiary/aromatic N) is 3. The van der Waals surface area contributed by atoms with E-state index < -0.39 is 15.7 Å². The summed E-state index contributed by atoms with van der Waals surface area (Å²) in [6.07, 6.45) is 5.92. The van der Waals surface area contributed by atoms with Crippen molar-refractivity contribution >= 4 is 10.0 Å². The van der Waals surface area contributed by atoms with E-state index in [9.17, 15) is 13.2 Å². The van der Waals surface area contributed by atoms with Crippen molar-refractivity contribution in [3.05, 3.63) is 53.0 Å². The summed E-state index contributed by atoms with van der Waals surface area (Å²) < 4.78 is 26.7. The molecule has 7 nitrogen and oxygen atoms in total. The highest BCUT2D eigenvalue weighted by atomic mass is 32.2. The third-order valence-electron chi connectivity index (χ3n) is 3.79. The number of pyridine rings is 1. The molecule has 0 spiro atoms. The molecule has 1 fully saturated rings. The van der Waals surface area contributed by atoms with E-state index in [1.807, 2.05) is 0 Å². The Balaban J connectivity index is 1.86. The summed E-state index contributed by atoms with van der Waals surface area (Å²) in [5, 5.41) is 0. The van der Waals surface area contributed by atoms with Crippen LogP contribution < -0.4 is 5.69 Å². The zero-order chi connectivity index (χ0) is 15.6. The molecule has 2 aromatic rings. The average molecular weight is 320 g/mol. The second-order valence-electron chi connectivity index (χ2n) is 5.22. The van der Waals surface area contributed by atoms with Crippen LogP contribution in [0.4, 0.5) is 0 Å². The maximum atomic E-state index is 12.6. The Morgan fingerprint density at radius 1 is 1.27 bits per heavy atom. The van der Waals surface area contributed by atoms with Crippen LogP contribution in [0.25, 0.3) is 0 Å². The Labute approximate surface area is 128 Å². The molecule has 22 heavy (non-hydrogen) atoms. The third-order valence-corrected chi connectivity index (χ3v) is 5.64. The van der Waals surface area contributed by atoms with E-state index in [0.717, 1.165) is 18.5 Å². The number of sulfonamides is 1. The first-order chi connectivity index (χ1) is 10.6. The van der Waals surface area contributed by atoms with Crippen molar-refractivity contribution in [1.82, 2.24) is 19.3 Å². The van der Waals surface area contributed by atoms with Gasteiger partial charge in [0.1, 0.15) is 4.90 Å². The van der Waals surface area contributed by atoms with Gasteiger partial charge in [-0.3, -0.25) is 4.98 Å². The standard InChI is InChI=1S/C14H16N4O3S/c19-14-16-7-5-13(17-14)11-3-2-8-18(10-11)22(20,21)12-4-1-6-15-9-12/h1,4-7,9,11H,2-3,8,10H2,(H,16,17,19). The highest BCUT2D eigenvalue weighted by Crippen LogP contribution is 2.28. The van der Waals surface area contributed by atoms with Gasteiger partial charge in [0.25, 0.3) is 0 Å². The summed E-state index contributed by atoms with van der Waals surface area (Å²) in [6.45, 7) is 0.820. The van der Waals surface area contributed by atoms with E-state index in [-0.39, 0.29) is 10.8 Å². The molecular weight excluding hydrogens is 304 g/mol. The van der Waals surface area contributed by atoms with Crippen molar-refractivity contribution in [2.75, 3.05) is 13.1 Å². The van der Waals surface area contributed by atoms with Gasteiger partial charge in [0.15, 0.2) is 0 Å². The minimum absolute atomic E-state index is 0.0316. The van der Waals surface area contributed by atoms with Crippen LogP contribution >= 0.6 is 0 Å². The fourth-order valence-electron chi connectivity index (χ4n) is 2.68. The molecule has 1 atom stereocenters. The van der Waals surface area contributed by atoms with E-state index in [1.54, 1.807) is 24.4 Å².